The van der Waals surface area contributed by atoms with Gasteiger partial charge in [-0.3, -0.25) is 14.9 Å². The predicted octanol–water partition coefficient (Wildman–Crippen LogP) is 4.75. The lowest BCUT2D eigenvalue weighted by Gasteiger charge is -2.24. The molecule has 0 bridgehead atoms. The van der Waals surface area contributed by atoms with Crippen molar-refractivity contribution in [2.24, 2.45) is 0 Å². The number of nitro groups is 1. The molecule has 5 nitrogen and oxygen atoms in total. The quantitative estimate of drug-likeness (QED) is 0.495. The highest BCUT2D eigenvalue weighted by Crippen LogP contribution is 2.25. The van der Waals surface area contributed by atoms with Gasteiger partial charge in [-0.2, -0.15) is 0 Å². The number of nitro benzene ring substituents is 1. The molecule has 0 N–H and O–H groups in total. The van der Waals surface area contributed by atoms with Crippen LogP contribution in [0, 0.1) is 17.0 Å². The number of hydrogen-bond donors (Lipinski definition) is 0. The fourth-order valence-electron chi connectivity index (χ4n) is 2.78. The summed E-state index contributed by atoms with van der Waals surface area (Å²) in [6, 6.07) is 23.1. The Kier molecular flexibility index (Phi) is 5.08. The maximum Gasteiger partial charge on any atom is 0.271 e. The van der Waals surface area contributed by atoms with E-state index in [2.05, 4.69) is 0 Å². The molecule has 0 heterocycles. The van der Waals surface area contributed by atoms with Gasteiger partial charge in [0, 0.05) is 17.7 Å². The van der Waals surface area contributed by atoms with Gasteiger partial charge in [0.1, 0.15) is 0 Å². The van der Waals surface area contributed by atoms with E-state index < -0.39 is 4.92 Å². The van der Waals surface area contributed by atoms with Gasteiger partial charge in [-0.25, -0.2) is 0 Å². The monoisotopic (exact) mass is 346 g/mol. The van der Waals surface area contributed by atoms with Crippen LogP contribution in [0.15, 0.2) is 78.9 Å². The molecular weight excluding hydrogens is 328 g/mol. The van der Waals surface area contributed by atoms with Crippen molar-refractivity contribution in [1.82, 2.24) is 0 Å². The summed E-state index contributed by atoms with van der Waals surface area (Å²) in [5.74, 6) is -0.188. The molecule has 0 atom stereocenters. The molecule has 0 fully saturated rings. The molecular formula is C21H18N2O3. The van der Waals surface area contributed by atoms with E-state index >= 15 is 0 Å². The highest BCUT2D eigenvalue weighted by molar-refractivity contribution is 6.07. The maximum absolute atomic E-state index is 13.2. The first kappa shape index (κ1) is 17.4. The normalized spacial score (nSPS) is 10.3. The second-order valence-electron chi connectivity index (χ2n) is 5.97. The summed E-state index contributed by atoms with van der Waals surface area (Å²) in [6.45, 7) is 2.20. The zero-order valence-electron chi connectivity index (χ0n) is 14.3. The lowest BCUT2D eigenvalue weighted by atomic mass is 10.1. The largest absolute Gasteiger partial charge is 0.304 e. The minimum atomic E-state index is -0.456. The molecule has 130 valence electrons. The van der Waals surface area contributed by atoms with Gasteiger partial charge in [0.05, 0.1) is 17.2 Å². The summed E-state index contributed by atoms with van der Waals surface area (Å²) < 4.78 is 0. The van der Waals surface area contributed by atoms with Gasteiger partial charge in [-0.05, 0) is 30.2 Å². The van der Waals surface area contributed by atoms with Crippen LogP contribution >= 0.6 is 0 Å². The van der Waals surface area contributed by atoms with Crippen molar-refractivity contribution in [1.29, 1.82) is 0 Å². The van der Waals surface area contributed by atoms with Crippen LogP contribution in [0.5, 0.6) is 0 Å². The van der Waals surface area contributed by atoms with Crippen molar-refractivity contribution >= 4 is 17.3 Å². The van der Waals surface area contributed by atoms with Gasteiger partial charge >= 0.3 is 0 Å². The molecule has 0 radical (unpaired) electrons. The number of benzene rings is 3. The molecule has 0 saturated heterocycles. The molecule has 0 aliphatic rings. The van der Waals surface area contributed by atoms with Crippen molar-refractivity contribution in [3.05, 3.63) is 106 Å². The summed E-state index contributed by atoms with van der Waals surface area (Å²) in [5, 5.41) is 11.1. The second-order valence-corrected chi connectivity index (χ2v) is 5.97. The van der Waals surface area contributed by atoms with E-state index in [1.54, 1.807) is 23.1 Å². The number of rotatable bonds is 5. The van der Waals surface area contributed by atoms with Crippen molar-refractivity contribution < 1.29 is 9.72 Å². The third-order valence-electron chi connectivity index (χ3n) is 4.16. The summed E-state index contributed by atoms with van der Waals surface area (Å²) in [7, 11) is 0. The first-order chi connectivity index (χ1) is 12.6. The third-order valence-corrected chi connectivity index (χ3v) is 4.16. The number of aryl methyl sites for hydroxylation is 1. The molecule has 3 aromatic carbocycles. The molecule has 0 unspecified atom stereocenters. The number of non-ortho nitro benzene ring substituents is 1. The van der Waals surface area contributed by atoms with Crippen LogP contribution < -0.4 is 4.90 Å². The van der Waals surface area contributed by atoms with Gasteiger partial charge < -0.3 is 4.90 Å². The van der Waals surface area contributed by atoms with Crippen LogP contribution in [0.3, 0.4) is 0 Å². The minimum Gasteiger partial charge on any atom is -0.304 e. The SMILES string of the molecule is Cc1ccccc1C(=O)N(Cc1ccccc1)c1cccc([N+](=O)[O-])c1. The smallest absolute Gasteiger partial charge is 0.271 e. The molecule has 0 spiro atoms. The van der Waals surface area contributed by atoms with Crippen LogP contribution in [0.4, 0.5) is 11.4 Å². The molecule has 1 amide bonds. The number of carbonyl (C=O) groups is 1. The summed E-state index contributed by atoms with van der Waals surface area (Å²) in [4.78, 5) is 25.5. The van der Waals surface area contributed by atoms with Crippen LogP contribution in [0.25, 0.3) is 0 Å². The van der Waals surface area contributed by atoms with E-state index in [0.29, 0.717) is 17.8 Å². The predicted molar refractivity (Wildman–Crippen MR) is 101 cm³/mol. The summed E-state index contributed by atoms with van der Waals surface area (Å²) in [5.41, 5.74) is 2.84. The van der Waals surface area contributed by atoms with Gasteiger partial charge in [-0.1, -0.05) is 54.6 Å². The molecule has 0 aliphatic heterocycles. The summed E-state index contributed by atoms with van der Waals surface area (Å²) in [6.07, 6.45) is 0. The highest BCUT2D eigenvalue weighted by atomic mass is 16.6. The van der Waals surface area contributed by atoms with Crippen LogP contribution in [0.1, 0.15) is 21.5 Å². The number of hydrogen-bond acceptors (Lipinski definition) is 3. The van der Waals surface area contributed by atoms with Gasteiger partial charge in [0.15, 0.2) is 0 Å². The highest BCUT2D eigenvalue weighted by Gasteiger charge is 2.21. The number of carbonyl (C=O) groups excluding carboxylic acids is 1. The lowest BCUT2D eigenvalue weighted by molar-refractivity contribution is -0.384. The van der Waals surface area contributed by atoms with E-state index in [4.69, 9.17) is 0 Å². The van der Waals surface area contributed by atoms with E-state index in [1.165, 1.54) is 12.1 Å². The lowest BCUT2D eigenvalue weighted by Crippen LogP contribution is -2.31. The van der Waals surface area contributed by atoms with Crippen LogP contribution in [0.2, 0.25) is 0 Å². The zero-order valence-corrected chi connectivity index (χ0v) is 14.3. The fraction of sp³-hybridized carbons (Fsp3) is 0.0952. The van der Waals surface area contributed by atoms with Gasteiger partial charge in [-0.15, -0.1) is 0 Å². The molecule has 3 rings (SSSR count). The Morgan fingerprint density at radius 2 is 1.65 bits per heavy atom. The number of nitrogens with zero attached hydrogens (tertiary/aromatic N) is 2. The van der Waals surface area contributed by atoms with Gasteiger partial charge in [0.25, 0.3) is 11.6 Å². The van der Waals surface area contributed by atoms with Crippen molar-refractivity contribution in [3.63, 3.8) is 0 Å². The Balaban J connectivity index is 2.04. The third kappa shape index (κ3) is 3.78. The average molecular weight is 346 g/mol. The topological polar surface area (TPSA) is 63.5 Å². The molecule has 5 heteroatoms. The average Bonchev–Trinajstić information content (AvgIpc) is 2.67. The Morgan fingerprint density at radius 3 is 2.35 bits per heavy atom. The van der Waals surface area contributed by atoms with Crippen molar-refractivity contribution in [2.45, 2.75) is 13.5 Å². The van der Waals surface area contributed by atoms with E-state index in [-0.39, 0.29) is 11.6 Å². The van der Waals surface area contributed by atoms with Crippen molar-refractivity contribution in [3.8, 4) is 0 Å². The van der Waals surface area contributed by atoms with Crippen molar-refractivity contribution in [2.75, 3.05) is 4.90 Å². The van der Waals surface area contributed by atoms with Gasteiger partial charge in [0.2, 0.25) is 0 Å². The standard InChI is InChI=1S/C21H18N2O3/c1-16-8-5-6-13-20(16)21(24)22(15-17-9-3-2-4-10-17)18-11-7-12-19(14-18)23(25)26/h2-14H,15H2,1H3. The Hall–Kier alpha value is -3.47. The van der Waals surface area contributed by atoms with E-state index in [0.717, 1.165) is 11.1 Å². The molecule has 0 aromatic heterocycles. The van der Waals surface area contributed by atoms with Crippen LogP contribution in [-0.2, 0) is 6.54 Å². The second kappa shape index (κ2) is 7.61. The zero-order chi connectivity index (χ0) is 18.5. The van der Waals surface area contributed by atoms with Crippen LogP contribution in [-0.4, -0.2) is 10.8 Å². The van der Waals surface area contributed by atoms with E-state index in [9.17, 15) is 14.9 Å². The number of anilines is 1. The number of amides is 1. The Morgan fingerprint density at radius 1 is 0.962 bits per heavy atom. The summed E-state index contributed by atoms with van der Waals surface area (Å²) >= 11 is 0. The Labute approximate surface area is 151 Å². The maximum atomic E-state index is 13.2. The first-order valence-electron chi connectivity index (χ1n) is 8.22. The first-order valence-corrected chi connectivity index (χ1v) is 8.22. The minimum absolute atomic E-state index is 0.0434. The van der Waals surface area contributed by atoms with E-state index in [1.807, 2.05) is 55.5 Å². The molecule has 0 saturated carbocycles. The molecule has 26 heavy (non-hydrogen) atoms. The fourth-order valence-corrected chi connectivity index (χ4v) is 2.78. The Bertz CT molecular complexity index is 939. The molecule has 3 aromatic rings. The molecule has 0 aliphatic carbocycles.